The minimum atomic E-state index is 0.107. The lowest BCUT2D eigenvalue weighted by molar-refractivity contribution is -0.121. The second-order valence-electron chi connectivity index (χ2n) is 4.78. The van der Waals surface area contributed by atoms with Gasteiger partial charge in [0, 0.05) is 18.0 Å². The van der Waals surface area contributed by atoms with E-state index in [1.54, 1.807) is 0 Å². The maximum absolute atomic E-state index is 11.5. The van der Waals surface area contributed by atoms with Crippen LogP contribution in [0, 0.1) is 12.8 Å². The van der Waals surface area contributed by atoms with E-state index in [1.165, 1.54) is 0 Å². The van der Waals surface area contributed by atoms with Gasteiger partial charge in [-0.1, -0.05) is 37.6 Å². The van der Waals surface area contributed by atoms with Gasteiger partial charge >= 0.3 is 0 Å². The Bertz CT molecular complexity index is 388. The van der Waals surface area contributed by atoms with E-state index < -0.39 is 0 Å². The van der Waals surface area contributed by atoms with Gasteiger partial charge in [-0.05, 0) is 36.5 Å². The van der Waals surface area contributed by atoms with Crippen molar-refractivity contribution in [2.24, 2.45) is 5.92 Å². The zero-order valence-electron chi connectivity index (χ0n) is 10.7. The molecule has 1 amide bonds. The van der Waals surface area contributed by atoms with Crippen molar-refractivity contribution in [3.63, 3.8) is 0 Å². The number of benzene rings is 1. The summed E-state index contributed by atoms with van der Waals surface area (Å²) in [5.41, 5.74) is 2.18. The molecule has 0 aliphatic carbocycles. The molecule has 0 aromatic heterocycles. The maximum Gasteiger partial charge on any atom is 0.220 e. The van der Waals surface area contributed by atoms with Crippen LogP contribution in [0.3, 0.4) is 0 Å². The van der Waals surface area contributed by atoms with E-state index in [-0.39, 0.29) is 5.91 Å². The lowest BCUT2D eigenvalue weighted by atomic mass is 10.1. The number of halogens is 1. The zero-order chi connectivity index (χ0) is 12.8. The van der Waals surface area contributed by atoms with Gasteiger partial charge < -0.3 is 5.32 Å². The van der Waals surface area contributed by atoms with Crippen molar-refractivity contribution in [2.75, 3.05) is 6.54 Å². The second-order valence-corrected chi connectivity index (χ2v) is 5.19. The maximum atomic E-state index is 11.5. The van der Waals surface area contributed by atoms with Crippen LogP contribution < -0.4 is 5.32 Å². The molecule has 0 heterocycles. The minimum Gasteiger partial charge on any atom is -0.356 e. The summed E-state index contributed by atoms with van der Waals surface area (Å²) in [5.74, 6) is 0.600. The lowest BCUT2D eigenvalue weighted by Gasteiger charge is -2.08. The number of aryl methyl sites for hydroxylation is 2. The highest BCUT2D eigenvalue weighted by atomic mass is 35.5. The van der Waals surface area contributed by atoms with E-state index in [0.29, 0.717) is 12.3 Å². The number of carbonyl (C=O) groups is 1. The summed E-state index contributed by atoms with van der Waals surface area (Å²) in [4.78, 5) is 11.5. The minimum absolute atomic E-state index is 0.107. The molecule has 1 aromatic rings. The molecule has 1 rings (SSSR count). The summed E-state index contributed by atoms with van der Waals surface area (Å²) in [6, 6.07) is 5.95. The Morgan fingerprint density at radius 2 is 2.12 bits per heavy atom. The standard InChI is InChI=1S/C14H20ClNO/c1-10(2)9-16-14(17)7-6-12-5-4-11(3)13(15)8-12/h4-5,8,10H,6-7,9H2,1-3H3,(H,16,17). The fraction of sp³-hybridized carbons (Fsp3) is 0.500. The van der Waals surface area contributed by atoms with Gasteiger partial charge in [-0.2, -0.15) is 0 Å². The first-order chi connectivity index (χ1) is 7.99. The number of nitrogens with one attached hydrogen (secondary N) is 1. The smallest absolute Gasteiger partial charge is 0.220 e. The Morgan fingerprint density at radius 3 is 2.71 bits per heavy atom. The molecule has 3 heteroatoms. The third kappa shape index (κ3) is 5.22. The number of carbonyl (C=O) groups excluding carboxylic acids is 1. The van der Waals surface area contributed by atoms with E-state index in [9.17, 15) is 4.79 Å². The van der Waals surface area contributed by atoms with Gasteiger partial charge in [0.15, 0.2) is 0 Å². The molecule has 1 aromatic carbocycles. The normalized spacial score (nSPS) is 10.6. The molecule has 0 spiro atoms. The van der Waals surface area contributed by atoms with E-state index in [0.717, 1.165) is 29.1 Å². The van der Waals surface area contributed by atoms with Crippen molar-refractivity contribution < 1.29 is 4.79 Å². The Kier molecular flexibility index (Phi) is 5.49. The molecule has 0 aliphatic rings. The van der Waals surface area contributed by atoms with E-state index in [4.69, 9.17) is 11.6 Å². The van der Waals surface area contributed by atoms with Crippen LogP contribution in [0.2, 0.25) is 5.02 Å². The fourth-order valence-corrected chi connectivity index (χ4v) is 1.66. The van der Waals surface area contributed by atoms with Crippen LogP contribution in [0.1, 0.15) is 31.4 Å². The van der Waals surface area contributed by atoms with Crippen molar-refractivity contribution in [3.8, 4) is 0 Å². The van der Waals surface area contributed by atoms with Gasteiger partial charge in [0.2, 0.25) is 5.91 Å². The molecule has 0 saturated heterocycles. The van der Waals surface area contributed by atoms with Gasteiger partial charge in [0.1, 0.15) is 0 Å². The first-order valence-electron chi connectivity index (χ1n) is 6.00. The van der Waals surface area contributed by atoms with E-state index >= 15 is 0 Å². The molecular weight excluding hydrogens is 234 g/mol. The fourth-order valence-electron chi connectivity index (χ4n) is 1.46. The molecule has 0 fully saturated rings. The van der Waals surface area contributed by atoms with Gasteiger partial charge in [-0.15, -0.1) is 0 Å². The van der Waals surface area contributed by atoms with E-state index in [2.05, 4.69) is 19.2 Å². The molecule has 2 nitrogen and oxygen atoms in total. The molecule has 94 valence electrons. The third-order valence-corrected chi connectivity index (χ3v) is 2.99. The predicted octanol–water partition coefficient (Wildman–Crippen LogP) is 3.35. The van der Waals surface area contributed by atoms with Crippen LogP contribution >= 0.6 is 11.6 Å². The van der Waals surface area contributed by atoms with Gasteiger partial charge in [-0.25, -0.2) is 0 Å². The molecular formula is C14H20ClNO. The summed E-state index contributed by atoms with van der Waals surface area (Å²) in [6.07, 6.45) is 1.26. The van der Waals surface area contributed by atoms with E-state index in [1.807, 2.05) is 25.1 Å². The number of rotatable bonds is 5. The topological polar surface area (TPSA) is 29.1 Å². The molecule has 1 N–H and O–H groups in total. The SMILES string of the molecule is Cc1ccc(CCC(=O)NCC(C)C)cc1Cl. The highest BCUT2D eigenvalue weighted by Crippen LogP contribution is 2.17. The van der Waals surface area contributed by atoms with Crippen LogP contribution in [0.15, 0.2) is 18.2 Å². The van der Waals surface area contributed by atoms with Crippen LogP contribution in [-0.4, -0.2) is 12.5 Å². The molecule has 0 bridgehead atoms. The summed E-state index contributed by atoms with van der Waals surface area (Å²) < 4.78 is 0. The third-order valence-electron chi connectivity index (χ3n) is 2.58. The van der Waals surface area contributed by atoms with Crippen molar-refractivity contribution >= 4 is 17.5 Å². The van der Waals surface area contributed by atoms with Gasteiger partial charge in [-0.3, -0.25) is 4.79 Å². The van der Waals surface area contributed by atoms with Crippen molar-refractivity contribution in [1.29, 1.82) is 0 Å². The van der Waals surface area contributed by atoms with Crippen LogP contribution in [0.5, 0.6) is 0 Å². The quantitative estimate of drug-likeness (QED) is 0.857. The monoisotopic (exact) mass is 253 g/mol. The lowest BCUT2D eigenvalue weighted by Crippen LogP contribution is -2.27. The Hall–Kier alpha value is -1.02. The Morgan fingerprint density at radius 1 is 1.41 bits per heavy atom. The summed E-state index contributed by atoms with van der Waals surface area (Å²) in [6.45, 7) is 6.88. The number of hydrogen-bond donors (Lipinski definition) is 1. The average molecular weight is 254 g/mol. The molecule has 0 saturated carbocycles. The highest BCUT2D eigenvalue weighted by Gasteiger charge is 2.04. The number of hydrogen-bond acceptors (Lipinski definition) is 1. The molecule has 0 unspecified atom stereocenters. The Balaban J connectivity index is 2.39. The molecule has 0 radical (unpaired) electrons. The summed E-state index contributed by atoms with van der Waals surface area (Å²) in [7, 11) is 0. The van der Waals surface area contributed by atoms with Crippen LogP contribution in [0.4, 0.5) is 0 Å². The first kappa shape index (κ1) is 14.0. The van der Waals surface area contributed by atoms with Crippen LogP contribution in [0.25, 0.3) is 0 Å². The first-order valence-corrected chi connectivity index (χ1v) is 6.38. The van der Waals surface area contributed by atoms with Crippen molar-refractivity contribution in [3.05, 3.63) is 34.3 Å². The molecule has 0 aliphatic heterocycles. The summed E-state index contributed by atoms with van der Waals surface area (Å²) in [5, 5.41) is 3.68. The zero-order valence-corrected chi connectivity index (χ0v) is 11.5. The van der Waals surface area contributed by atoms with Crippen LogP contribution in [-0.2, 0) is 11.2 Å². The second kappa shape index (κ2) is 6.65. The molecule has 17 heavy (non-hydrogen) atoms. The van der Waals surface area contributed by atoms with Gasteiger partial charge in [0.25, 0.3) is 0 Å². The van der Waals surface area contributed by atoms with Crippen molar-refractivity contribution in [2.45, 2.75) is 33.6 Å². The average Bonchev–Trinajstić information content (AvgIpc) is 2.28. The highest BCUT2D eigenvalue weighted by molar-refractivity contribution is 6.31. The van der Waals surface area contributed by atoms with Gasteiger partial charge in [0.05, 0.1) is 0 Å². The number of amides is 1. The Labute approximate surface area is 108 Å². The largest absolute Gasteiger partial charge is 0.356 e. The predicted molar refractivity (Wildman–Crippen MR) is 72.4 cm³/mol. The molecule has 0 atom stereocenters. The van der Waals surface area contributed by atoms with Crippen molar-refractivity contribution in [1.82, 2.24) is 5.32 Å². The summed E-state index contributed by atoms with van der Waals surface area (Å²) >= 11 is 6.03.